The molecule has 6 heteroatoms. The molecule has 26 heavy (non-hydrogen) atoms. The fraction of sp³-hybridized carbons (Fsp3) is 0.350. The number of hydrogen-bond acceptors (Lipinski definition) is 4. The molecule has 2 aromatic rings. The number of anilines is 2. The van der Waals surface area contributed by atoms with Crippen LogP contribution in [0.5, 0.6) is 0 Å². The van der Waals surface area contributed by atoms with Gasteiger partial charge < -0.3 is 15.1 Å². The number of nitrogens with zero attached hydrogens (tertiary/aromatic N) is 3. The molecule has 1 aromatic heterocycles. The predicted molar refractivity (Wildman–Crippen MR) is 100 cm³/mol. The topological polar surface area (TPSA) is 65.5 Å². The van der Waals surface area contributed by atoms with Crippen molar-refractivity contribution in [3.8, 4) is 0 Å². The molecule has 4 rings (SSSR count). The zero-order valence-electron chi connectivity index (χ0n) is 14.8. The highest BCUT2D eigenvalue weighted by atomic mass is 16.2. The monoisotopic (exact) mass is 350 g/mol. The van der Waals surface area contributed by atoms with Crippen molar-refractivity contribution in [3.05, 3.63) is 54.4 Å². The minimum Gasteiger partial charge on any atom is -0.376 e. The largest absolute Gasteiger partial charge is 0.376 e. The van der Waals surface area contributed by atoms with E-state index in [1.807, 2.05) is 46.2 Å². The lowest BCUT2D eigenvalue weighted by molar-refractivity contribution is -0.116. The summed E-state index contributed by atoms with van der Waals surface area (Å²) in [5.74, 6) is 0.0189. The maximum Gasteiger partial charge on any atom is 0.272 e. The van der Waals surface area contributed by atoms with Gasteiger partial charge >= 0.3 is 0 Å². The molecule has 1 spiro atoms. The number of para-hydroxylation sites is 2. The number of amides is 2. The van der Waals surface area contributed by atoms with Crippen LogP contribution in [0.15, 0.2) is 48.7 Å². The molecular weight excluding hydrogens is 328 g/mol. The van der Waals surface area contributed by atoms with Gasteiger partial charge in [0, 0.05) is 32.8 Å². The van der Waals surface area contributed by atoms with Gasteiger partial charge in [0.25, 0.3) is 5.91 Å². The van der Waals surface area contributed by atoms with Gasteiger partial charge in [-0.15, -0.1) is 0 Å². The summed E-state index contributed by atoms with van der Waals surface area (Å²) in [5, 5.41) is 3.65. The summed E-state index contributed by atoms with van der Waals surface area (Å²) < 4.78 is 0. The van der Waals surface area contributed by atoms with Gasteiger partial charge in [0.2, 0.25) is 5.91 Å². The van der Waals surface area contributed by atoms with Gasteiger partial charge in [0.1, 0.15) is 5.69 Å². The van der Waals surface area contributed by atoms with E-state index >= 15 is 0 Å². The zero-order chi connectivity index (χ0) is 18.1. The number of carbonyl (C=O) groups excluding carboxylic acids is 2. The molecular formula is C20H22N4O2. The molecule has 2 aliphatic rings. The maximum atomic E-state index is 12.6. The minimum atomic E-state index is -0.194. The Kier molecular flexibility index (Phi) is 4.11. The van der Waals surface area contributed by atoms with Crippen LogP contribution in [0.4, 0.5) is 11.4 Å². The Morgan fingerprint density at radius 1 is 1.08 bits per heavy atom. The van der Waals surface area contributed by atoms with E-state index in [0.29, 0.717) is 25.3 Å². The summed E-state index contributed by atoms with van der Waals surface area (Å²) in [5.41, 5.74) is 2.20. The number of nitrogens with one attached hydrogen (secondary N) is 1. The first-order valence-corrected chi connectivity index (χ1v) is 8.94. The van der Waals surface area contributed by atoms with Crippen LogP contribution in [0, 0.1) is 0 Å². The van der Waals surface area contributed by atoms with E-state index in [0.717, 1.165) is 24.2 Å². The van der Waals surface area contributed by atoms with Gasteiger partial charge in [0.15, 0.2) is 0 Å². The molecule has 0 unspecified atom stereocenters. The van der Waals surface area contributed by atoms with E-state index < -0.39 is 0 Å². The Hall–Kier alpha value is -2.89. The van der Waals surface area contributed by atoms with Crippen molar-refractivity contribution >= 4 is 23.2 Å². The molecule has 0 atom stereocenters. The van der Waals surface area contributed by atoms with Crippen LogP contribution in [0.2, 0.25) is 0 Å². The smallest absolute Gasteiger partial charge is 0.272 e. The van der Waals surface area contributed by atoms with E-state index in [2.05, 4.69) is 10.3 Å². The van der Waals surface area contributed by atoms with Crippen molar-refractivity contribution in [2.75, 3.05) is 29.9 Å². The number of benzene rings is 1. The highest BCUT2D eigenvalue weighted by Gasteiger charge is 2.42. The molecule has 1 fully saturated rings. The highest BCUT2D eigenvalue weighted by molar-refractivity contribution is 5.97. The zero-order valence-corrected chi connectivity index (χ0v) is 14.8. The van der Waals surface area contributed by atoms with Crippen molar-refractivity contribution in [1.29, 1.82) is 0 Å². The number of hydrogen-bond donors (Lipinski definition) is 1. The van der Waals surface area contributed by atoms with Crippen molar-refractivity contribution in [1.82, 2.24) is 9.88 Å². The summed E-state index contributed by atoms with van der Waals surface area (Å²) in [6.07, 6.45) is 3.23. The predicted octanol–water partition coefficient (Wildman–Crippen LogP) is 2.54. The maximum absolute atomic E-state index is 12.6. The molecule has 6 nitrogen and oxygen atoms in total. The van der Waals surface area contributed by atoms with Crippen molar-refractivity contribution < 1.29 is 9.59 Å². The van der Waals surface area contributed by atoms with Crippen molar-refractivity contribution in [2.24, 2.45) is 0 Å². The van der Waals surface area contributed by atoms with E-state index in [9.17, 15) is 9.59 Å². The van der Waals surface area contributed by atoms with Crippen LogP contribution in [-0.2, 0) is 4.79 Å². The molecule has 2 amide bonds. The summed E-state index contributed by atoms with van der Waals surface area (Å²) >= 11 is 0. The van der Waals surface area contributed by atoms with Gasteiger partial charge in [-0.3, -0.25) is 14.6 Å². The Labute approximate surface area is 152 Å². The summed E-state index contributed by atoms with van der Waals surface area (Å²) in [7, 11) is 0. The molecule has 1 N–H and O–H groups in total. The minimum absolute atomic E-state index is 0.0277. The van der Waals surface area contributed by atoms with Gasteiger partial charge in [-0.25, -0.2) is 0 Å². The second-order valence-electron chi connectivity index (χ2n) is 7.03. The third kappa shape index (κ3) is 2.92. The third-order valence-electron chi connectivity index (χ3n) is 5.33. The van der Waals surface area contributed by atoms with Crippen molar-refractivity contribution in [3.63, 3.8) is 0 Å². The number of piperidine rings is 1. The standard InChI is InChI=1S/C20H22N4O2/c1-15(25)24-14-20(22-16-6-2-3-8-18(16)24)9-12-23(13-10-20)19(26)17-7-4-5-11-21-17/h2-8,11,22H,9-10,12-14H2,1H3. The van der Waals surface area contributed by atoms with E-state index in [1.54, 1.807) is 19.2 Å². The normalized spacial score (nSPS) is 18.2. The fourth-order valence-electron chi connectivity index (χ4n) is 3.88. The van der Waals surface area contributed by atoms with Crippen LogP contribution >= 0.6 is 0 Å². The Morgan fingerprint density at radius 3 is 2.50 bits per heavy atom. The first-order chi connectivity index (χ1) is 12.6. The number of carbonyl (C=O) groups is 2. The Morgan fingerprint density at radius 2 is 1.81 bits per heavy atom. The second kappa shape index (κ2) is 6.44. The molecule has 1 saturated heterocycles. The number of pyridine rings is 1. The molecule has 2 aliphatic heterocycles. The summed E-state index contributed by atoms with van der Waals surface area (Å²) in [4.78, 5) is 32.7. The van der Waals surface area contributed by atoms with Gasteiger partial charge in [0.05, 0.1) is 16.9 Å². The van der Waals surface area contributed by atoms with Crippen molar-refractivity contribution in [2.45, 2.75) is 25.3 Å². The van der Waals surface area contributed by atoms with Crippen LogP contribution < -0.4 is 10.2 Å². The molecule has 0 radical (unpaired) electrons. The van der Waals surface area contributed by atoms with E-state index in [-0.39, 0.29) is 17.4 Å². The lowest BCUT2D eigenvalue weighted by Gasteiger charge is -2.48. The number of likely N-dealkylation sites (tertiary alicyclic amines) is 1. The lowest BCUT2D eigenvalue weighted by atomic mass is 9.84. The first-order valence-electron chi connectivity index (χ1n) is 8.94. The van der Waals surface area contributed by atoms with Gasteiger partial charge in [-0.1, -0.05) is 18.2 Å². The van der Waals surface area contributed by atoms with Gasteiger partial charge in [-0.2, -0.15) is 0 Å². The quantitative estimate of drug-likeness (QED) is 0.858. The fourth-order valence-corrected chi connectivity index (χ4v) is 3.88. The van der Waals surface area contributed by atoms with Crippen LogP contribution in [0.1, 0.15) is 30.3 Å². The molecule has 3 heterocycles. The van der Waals surface area contributed by atoms with Crippen LogP contribution in [0.25, 0.3) is 0 Å². The first kappa shape index (κ1) is 16.6. The van der Waals surface area contributed by atoms with E-state index in [1.165, 1.54) is 0 Å². The molecule has 0 saturated carbocycles. The number of fused-ring (bicyclic) bond motifs is 1. The molecule has 0 aliphatic carbocycles. The average Bonchev–Trinajstić information content (AvgIpc) is 2.68. The summed E-state index contributed by atoms with van der Waals surface area (Å²) in [6.45, 7) is 3.53. The Balaban J connectivity index is 1.52. The summed E-state index contributed by atoms with van der Waals surface area (Å²) in [6, 6.07) is 13.3. The molecule has 0 bridgehead atoms. The van der Waals surface area contributed by atoms with Crippen LogP contribution in [0.3, 0.4) is 0 Å². The van der Waals surface area contributed by atoms with Crippen LogP contribution in [-0.4, -0.2) is 46.9 Å². The average molecular weight is 350 g/mol. The number of rotatable bonds is 1. The van der Waals surface area contributed by atoms with Gasteiger partial charge in [-0.05, 0) is 37.1 Å². The lowest BCUT2D eigenvalue weighted by Crippen LogP contribution is -2.59. The number of aromatic nitrogens is 1. The SMILES string of the molecule is CC(=O)N1CC2(CCN(C(=O)c3ccccn3)CC2)Nc2ccccc21. The third-order valence-corrected chi connectivity index (χ3v) is 5.33. The van der Waals surface area contributed by atoms with E-state index in [4.69, 9.17) is 0 Å². The highest BCUT2D eigenvalue weighted by Crippen LogP contribution is 2.39. The molecule has 134 valence electrons. The Bertz CT molecular complexity index is 829. The second-order valence-corrected chi connectivity index (χ2v) is 7.03. The molecule has 1 aromatic carbocycles.